The number of rotatable bonds is 1. The summed E-state index contributed by atoms with van der Waals surface area (Å²) in [5.41, 5.74) is 2.02. The Morgan fingerprint density at radius 1 is 1.29 bits per heavy atom. The number of fused-ring (bicyclic) bond motifs is 1. The number of hydrogen-bond acceptors (Lipinski definition) is 5. The molecule has 0 aromatic heterocycles. The normalized spacial score (nSPS) is 14.4. The molecule has 0 bridgehead atoms. The third-order valence-electron chi connectivity index (χ3n) is 2.09. The number of anilines is 2. The Morgan fingerprint density at radius 2 is 1.93 bits per heavy atom. The largest absolute Gasteiger partial charge is 0.300 e. The molecule has 0 atom stereocenters. The summed E-state index contributed by atoms with van der Waals surface area (Å²) in [6.07, 6.45) is 0. The first-order valence-electron chi connectivity index (χ1n) is 4.03. The van der Waals surface area contributed by atoms with Gasteiger partial charge in [-0.15, -0.1) is 0 Å². The Kier molecular flexibility index (Phi) is 1.99. The zero-order valence-electron chi connectivity index (χ0n) is 7.80. The van der Waals surface area contributed by atoms with E-state index in [-0.39, 0.29) is 10.6 Å². The van der Waals surface area contributed by atoms with Gasteiger partial charge in [-0.05, 0) is 6.07 Å². The van der Waals surface area contributed by atoms with Crippen molar-refractivity contribution in [2.24, 2.45) is 0 Å². The van der Waals surface area contributed by atoms with Crippen LogP contribution in [0.2, 0.25) is 0 Å². The highest BCUT2D eigenvalue weighted by molar-refractivity contribution is 8.02. The van der Waals surface area contributed by atoms with Crippen LogP contribution in [0, 0.1) is 10.1 Å². The molecule has 0 saturated heterocycles. The van der Waals surface area contributed by atoms with Crippen LogP contribution in [0.15, 0.2) is 18.2 Å². The van der Waals surface area contributed by atoms with Gasteiger partial charge in [0, 0.05) is 26.2 Å². The van der Waals surface area contributed by atoms with E-state index in [1.807, 2.05) is 22.7 Å². The second kappa shape index (κ2) is 3.06. The van der Waals surface area contributed by atoms with E-state index in [1.54, 1.807) is 12.1 Å². The fourth-order valence-corrected chi connectivity index (χ4v) is 2.26. The number of non-ortho nitro benzene ring substituents is 1. The molecule has 0 saturated carbocycles. The summed E-state index contributed by atoms with van der Waals surface area (Å²) in [5.74, 6) is 0. The van der Waals surface area contributed by atoms with E-state index in [2.05, 4.69) is 0 Å². The van der Waals surface area contributed by atoms with Crippen molar-refractivity contribution in [3.05, 3.63) is 28.3 Å². The first-order chi connectivity index (χ1) is 6.59. The highest BCUT2D eigenvalue weighted by Crippen LogP contribution is 2.43. The van der Waals surface area contributed by atoms with Crippen molar-refractivity contribution in [2.45, 2.75) is 0 Å². The quantitative estimate of drug-likeness (QED) is 0.404. The van der Waals surface area contributed by atoms with Gasteiger partial charge < -0.3 is 0 Å². The maximum absolute atomic E-state index is 10.6. The average molecular weight is 211 g/mol. The maximum Gasteiger partial charge on any atom is 0.271 e. The van der Waals surface area contributed by atoms with Crippen molar-refractivity contribution < 1.29 is 4.92 Å². The molecule has 0 radical (unpaired) electrons. The van der Waals surface area contributed by atoms with Crippen LogP contribution < -0.4 is 8.61 Å². The highest BCUT2D eigenvalue weighted by atomic mass is 32.2. The summed E-state index contributed by atoms with van der Waals surface area (Å²) in [4.78, 5) is 10.2. The first-order valence-corrected chi connectivity index (χ1v) is 4.76. The smallest absolute Gasteiger partial charge is 0.271 e. The third kappa shape index (κ3) is 1.27. The van der Waals surface area contributed by atoms with Gasteiger partial charge >= 0.3 is 0 Å². The Hall–Kier alpha value is -1.43. The predicted molar refractivity (Wildman–Crippen MR) is 57.5 cm³/mol. The van der Waals surface area contributed by atoms with E-state index in [4.69, 9.17) is 0 Å². The summed E-state index contributed by atoms with van der Waals surface area (Å²) in [6.45, 7) is 0. The highest BCUT2D eigenvalue weighted by Gasteiger charge is 2.24. The molecule has 0 unspecified atom stereocenters. The van der Waals surface area contributed by atoms with Crippen LogP contribution in [0.1, 0.15) is 0 Å². The number of nitro benzene ring substituents is 1. The molecule has 0 amide bonds. The number of nitro groups is 1. The van der Waals surface area contributed by atoms with E-state index in [0.29, 0.717) is 0 Å². The zero-order chi connectivity index (χ0) is 10.3. The molecule has 1 aromatic rings. The molecule has 1 aromatic carbocycles. The minimum absolute atomic E-state index is 0.131. The minimum atomic E-state index is -0.378. The Labute approximate surface area is 85.7 Å². The van der Waals surface area contributed by atoms with Crippen molar-refractivity contribution in [1.29, 1.82) is 0 Å². The molecular formula is C8H9N3O2S. The molecule has 74 valence electrons. The summed E-state index contributed by atoms with van der Waals surface area (Å²) in [6, 6.07) is 4.88. The first kappa shape index (κ1) is 9.14. The Balaban J connectivity index is 2.50. The fourth-order valence-electron chi connectivity index (χ4n) is 1.42. The molecule has 1 aliphatic heterocycles. The van der Waals surface area contributed by atoms with Crippen LogP contribution in [0.4, 0.5) is 17.1 Å². The third-order valence-corrected chi connectivity index (χ3v) is 2.98. The van der Waals surface area contributed by atoms with Gasteiger partial charge in [0.05, 0.1) is 28.4 Å². The number of hydrogen-bond donors (Lipinski definition) is 0. The van der Waals surface area contributed by atoms with Gasteiger partial charge in [0.15, 0.2) is 0 Å². The average Bonchev–Trinajstić information content (AvgIpc) is 2.42. The second-order valence-electron chi connectivity index (χ2n) is 3.01. The summed E-state index contributed by atoms with van der Waals surface area (Å²) in [5, 5.41) is 10.6. The monoisotopic (exact) mass is 211 g/mol. The Morgan fingerprint density at radius 3 is 2.57 bits per heavy atom. The predicted octanol–water partition coefficient (Wildman–Crippen LogP) is 2.04. The van der Waals surface area contributed by atoms with Crippen LogP contribution in [0.3, 0.4) is 0 Å². The van der Waals surface area contributed by atoms with E-state index in [9.17, 15) is 10.1 Å². The van der Waals surface area contributed by atoms with Gasteiger partial charge in [0.1, 0.15) is 0 Å². The molecule has 14 heavy (non-hydrogen) atoms. The molecule has 1 heterocycles. The minimum Gasteiger partial charge on any atom is -0.300 e. The van der Waals surface area contributed by atoms with Crippen molar-refractivity contribution in [3.63, 3.8) is 0 Å². The molecule has 6 heteroatoms. The van der Waals surface area contributed by atoms with Crippen LogP contribution in [-0.2, 0) is 0 Å². The lowest BCUT2D eigenvalue weighted by Gasteiger charge is -2.08. The Bertz CT molecular complexity index is 396. The SMILES string of the molecule is CN1SN(C)c2cc([N+](=O)[O-])ccc21. The molecule has 0 N–H and O–H groups in total. The van der Waals surface area contributed by atoms with E-state index < -0.39 is 0 Å². The summed E-state index contributed by atoms with van der Waals surface area (Å²) in [7, 11) is 3.82. The van der Waals surface area contributed by atoms with Crippen LogP contribution in [0.25, 0.3) is 0 Å². The van der Waals surface area contributed by atoms with Gasteiger partial charge in [-0.2, -0.15) is 0 Å². The maximum atomic E-state index is 10.6. The van der Waals surface area contributed by atoms with Crippen molar-refractivity contribution in [3.8, 4) is 0 Å². The van der Waals surface area contributed by atoms with Crippen LogP contribution in [-0.4, -0.2) is 19.0 Å². The standard InChI is InChI=1S/C8H9N3O2S/c1-9-7-4-3-6(11(12)13)5-8(7)10(2)14-9/h3-5H,1-2H3. The molecule has 2 rings (SSSR count). The lowest BCUT2D eigenvalue weighted by molar-refractivity contribution is -0.384. The van der Waals surface area contributed by atoms with Gasteiger partial charge in [0.2, 0.25) is 0 Å². The van der Waals surface area contributed by atoms with Crippen molar-refractivity contribution in [1.82, 2.24) is 0 Å². The van der Waals surface area contributed by atoms with Gasteiger partial charge in [-0.3, -0.25) is 18.7 Å². The number of benzene rings is 1. The van der Waals surface area contributed by atoms with Crippen molar-refractivity contribution in [2.75, 3.05) is 22.7 Å². The molecule has 1 aliphatic rings. The van der Waals surface area contributed by atoms with Crippen LogP contribution in [0.5, 0.6) is 0 Å². The van der Waals surface area contributed by atoms with Gasteiger partial charge in [-0.1, -0.05) is 0 Å². The molecular weight excluding hydrogens is 202 g/mol. The summed E-state index contributed by atoms with van der Waals surface area (Å²) >= 11 is 1.51. The lowest BCUT2D eigenvalue weighted by atomic mass is 10.2. The zero-order valence-corrected chi connectivity index (χ0v) is 8.61. The van der Waals surface area contributed by atoms with Crippen LogP contribution >= 0.6 is 12.1 Å². The van der Waals surface area contributed by atoms with Crippen molar-refractivity contribution >= 4 is 29.2 Å². The molecule has 5 nitrogen and oxygen atoms in total. The van der Waals surface area contributed by atoms with E-state index >= 15 is 0 Å². The molecule has 0 spiro atoms. The lowest BCUT2D eigenvalue weighted by Crippen LogP contribution is -2.06. The summed E-state index contributed by atoms with van der Waals surface area (Å²) < 4.78 is 3.88. The van der Waals surface area contributed by atoms with E-state index in [1.165, 1.54) is 18.2 Å². The number of nitrogens with zero attached hydrogens (tertiary/aromatic N) is 3. The van der Waals surface area contributed by atoms with Gasteiger partial charge in [0.25, 0.3) is 5.69 Å². The fraction of sp³-hybridized carbons (Fsp3) is 0.250. The molecule has 0 fully saturated rings. The molecule has 0 aliphatic carbocycles. The topological polar surface area (TPSA) is 49.6 Å². The van der Waals surface area contributed by atoms with Gasteiger partial charge in [-0.25, -0.2) is 0 Å². The second-order valence-corrected chi connectivity index (χ2v) is 4.27. The van der Waals surface area contributed by atoms with E-state index in [0.717, 1.165) is 11.4 Å².